The lowest BCUT2D eigenvalue weighted by atomic mass is 10.2. The van der Waals surface area contributed by atoms with Crippen LogP contribution in [0.3, 0.4) is 0 Å². The van der Waals surface area contributed by atoms with E-state index < -0.39 is 13.2 Å². The number of hydrogen-bond acceptors (Lipinski definition) is 2. The molecular weight excluding hydrogens is 124 g/mol. The molecule has 10 heavy (non-hydrogen) atoms. The van der Waals surface area contributed by atoms with Gasteiger partial charge in [0.15, 0.2) is 0 Å². The highest BCUT2D eigenvalue weighted by atomic mass is 14.8. The van der Waals surface area contributed by atoms with Crippen LogP contribution in [0.5, 0.6) is 0 Å². The van der Waals surface area contributed by atoms with Gasteiger partial charge >= 0.3 is 0 Å². The van der Waals surface area contributed by atoms with E-state index >= 15 is 0 Å². The minimum Gasteiger partial charge on any atom is -0.258 e. The van der Waals surface area contributed by atoms with Gasteiger partial charge in [0.2, 0.25) is 0 Å². The van der Waals surface area contributed by atoms with Crippen LogP contribution in [0.1, 0.15) is 30.8 Å². The third-order valence-electron chi connectivity index (χ3n) is 1.19. The minimum absolute atomic E-state index is 0.109. The molecule has 0 atom stereocenters. The van der Waals surface area contributed by atoms with Crippen molar-refractivity contribution in [1.82, 2.24) is 9.97 Å². The molecule has 0 aliphatic rings. The van der Waals surface area contributed by atoms with E-state index in [1.165, 1.54) is 6.20 Å². The molecule has 0 spiro atoms. The molecule has 0 saturated carbocycles. The first-order valence-electron chi connectivity index (χ1n) is 5.47. The fraction of sp³-hybridized carbons (Fsp3) is 0.500. The topological polar surface area (TPSA) is 25.8 Å². The SMILES string of the molecule is [2H]C([2H])([2H])C([2H])([2H])c1nc(C)cnc1C. The van der Waals surface area contributed by atoms with Crippen LogP contribution in [0.2, 0.25) is 0 Å². The fourth-order valence-electron chi connectivity index (χ4n) is 0.656. The van der Waals surface area contributed by atoms with Gasteiger partial charge in [-0.2, -0.15) is 0 Å². The average molecular weight is 141 g/mol. The zero-order valence-corrected chi connectivity index (χ0v) is 5.97. The van der Waals surface area contributed by atoms with Crippen LogP contribution in [-0.2, 0) is 6.37 Å². The van der Waals surface area contributed by atoms with E-state index in [1.807, 2.05) is 0 Å². The van der Waals surface area contributed by atoms with E-state index in [4.69, 9.17) is 6.85 Å². The van der Waals surface area contributed by atoms with Gasteiger partial charge in [0.1, 0.15) is 0 Å². The van der Waals surface area contributed by atoms with E-state index in [0.29, 0.717) is 11.4 Å². The Hall–Kier alpha value is -0.920. The monoisotopic (exact) mass is 141 g/mol. The molecular formula is C8H12N2. The van der Waals surface area contributed by atoms with E-state index in [0.717, 1.165) is 0 Å². The lowest BCUT2D eigenvalue weighted by Crippen LogP contribution is -1.96. The summed E-state index contributed by atoms with van der Waals surface area (Å²) >= 11 is 0. The number of rotatable bonds is 1. The lowest BCUT2D eigenvalue weighted by Gasteiger charge is -2.00. The number of aryl methyl sites for hydroxylation is 3. The van der Waals surface area contributed by atoms with Crippen LogP contribution in [0.4, 0.5) is 0 Å². The van der Waals surface area contributed by atoms with Crippen LogP contribution in [0.15, 0.2) is 6.20 Å². The van der Waals surface area contributed by atoms with Crippen LogP contribution in [-0.4, -0.2) is 9.97 Å². The van der Waals surface area contributed by atoms with Crippen molar-refractivity contribution in [2.24, 2.45) is 0 Å². The van der Waals surface area contributed by atoms with Crippen molar-refractivity contribution in [3.05, 3.63) is 23.3 Å². The summed E-state index contributed by atoms with van der Waals surface area (Å²) in [6.45, 7) is 0.455. The van der Waals surface area contributed by atoms with E-state index in [2.05, 4.69) is 9.97 Å². The first kappa shape index (κ1) is 2.99. The van der Waals surface area contributed by atoms with Crippen molar-refractivity contribution in [3.63, 3.8) is 0 Å². The highest BCUT2D eigenvalue weighted by Gasteiger charge is 1.96. The second-order valence-electron chi connectivity index (χ2n) is 2.07. The molecule has 0 amide bonds. The van der Waals surface area contributed by atoms with Crippen molar-refractivity contribution >= 4 is 0 Å². The molecule has 0 aliphatic carbocycles. The Morgan fingerprint density at radius 2 is 2.50 bits per heavy atom. The maximum absolute atomic E-state index is 7.56. The molecule has 0 fully saturated rings. The number of nitrogens with zero attached hydrogens (tertiary/aromatic N) is 2. The normalized spacial score (nSPS) is 20.0. The Kier molecular flexibility index (Phi) is 0.830. The highest BCUT2D eigenvalue weighted by Crippen LogP contribution is 2.01. The summed E-state index contributed by atoms with van der Waals surface area (Å²) in [7, 11) is 0. The second kappa shape index (κ2) is 2.78. The Bertz CT molecular complexity index is 372. The Balaban J connectivity index is 3.32. The standard InChI is InChI=1S/C8H12N2/c1-4-8-7(3)9-5-6(2)10-8/h5H,4H2,1-3H3/i1D3,4D2. The minimum atomic E-state index is -2.74. The second-order valence-corrected chi connectivity index (χ2v) is 2.07. The zero-order valence-electron chi connectivity index (χ0n) is 11.0. The summed E-state index contributed by atoms with van der Waals surface area (Å²) < 4.78 is 36.5. The van der Waals surface area contributed by atoms with E-state index in [1.54, 1.807) is 13.8 Å². The molecule has 0 N–H and O–H groups in total. The summed E-state index contributed by atoms with van der Waals surface area (Å²) in [5.41, 5.74) is 0.702. The molecule has 0 saturated heterocycles. The first-order chi connectivity index (χ1) is 6.66. The molecule has 0 radical (unpaired) electrons. The van der Waals surface area contributed by atoms with Crippen LogP contribution >= 0.6 is 0 Å². The molecule has 0 aliphatic heterocycles. The number of aromatic nitrogens is 2. The molecule has 0 aromatic carbocycles. The third-order valence-corrected chi connectivity index (χ3v) is 1.19. The molecule has 1 heterocycles. The maximum atomic E-state index is 7.56. The van der Waals surface area contributed by atoms with E-state index in [-0.39, 0.29) is 5.69 Å². The van der Waals surface area contributed by atoms with Gasteiger partial charge in [-0.3, -0.25) is 9.97 Å². The molecule has 0 bridgehead atoms. The van der Waals surface area contributed by atoms with Gasteiger partial charge in [0, 0.05) is 13.1 Å². The van der Waals surface area contributed by atoms with Gasteiger partial charge < -0.3 is 0 Å². The highest BCUT2D eigenvalue weighted by molar-refractivity contribution is 5.11. The predicted molar refractivity (Wildman–Crippen MR) is 40.9 cm³/mol. The largest absolute Gasteiger partial charge is 0.258 e. The van der Waals surface area contributed by atoms with Crippen molar-refractivity contribution in [2.75, 3.05) is 0 Å². The molecule has 54 valence electrons. The van der Waals surface area contributed by atoms with Crippen LogP contribution in [0, 0.1) is 13.8 Å². The molecule has 2 heteroatoms. The van der Waals surface area contributed by atoms with E-state index in [9.17, 15) is 0 Å². The van der Waals surface area contributed by atoms with Gasteiger partial charge in [-0.25, -0.2) is 0 Å². The molecule has 0 unspecified atom stereocenters. The molecule has 1 aromatic rings. The maximum Gasteiger partial charge on any atom is 0.0616 e. The third kappa shape index (κ3) is 1.32. The Morgan fingerprint density at radius 3 is 3.20 bits per heavy atom. The van der Waals surface area contributed by atoms with Crippen molar-refractivity contribution < 1.29 is 6.85 Å². The first-order valence-corrected chi connectivity index (χ1v) is 2.97. The molecule has 1 aromatic heterocycles. The van der Waals surface area contributed by atoms with Crippen LogP contribution < -0.4 is 0 Å². The van der Waals surface area contributed by atoms with Gasteiger partial charge in [-0.1, -0.05) is 6.85 Å². The average Bonchev–Trinajstić information content (AvgIpc) is 2.07. The lowest BCUT2D eigenvalue weighted by molar-refractivity contribution is 0.930. The smallest absolute Gasteiger partial charge is 0.0616 e. The quantitative estimate of drug-likeness (QED) is 0.594. The van der Waals surface area contributed by atoms with Gasteiger partial charge in [-0.15, -0.1) is 0 Å². The number of hydrogen-bond donors (Lipinski definition) is 0. The Morgan fingerprint density at radius 1 is 1.70 bits per heavy atom. The van der Waals surface area contributed by atoms with Gasteiger partial charge in [0.25, 0.3) is 0 Å². The van der Waals surface area contributed by atoms with Gasteiger partial charge in [-0.05, 0) is 20.2 Å². The Labute approximate surface area is 68.4 Å². The summed E-state index contributed by atoms with van der Waals surface area (Å²) in [5.74, 6) is 0. The molecule has 1 rings (SSSR count). The summed E-state index contributed by atoms with van der Waals surface area (Å²) in [6, 6.07) is 0. The van der Waals surface area contributed by atoms with Crippen LogP contribution in [0.25, 0.3) is 0 Å². The fourth-order valence-corrected chi connectivity index (χ4v) is 0.656. The summed E-state index contributed by atoms with van der Waals surface area (Å²) in [4.78, 5) is 7.82. The zero-order chi connectivity index (χ0) is 11.9. The summed E-state index contributed by atoms with van der Waals surface area (Å²) in [6.07, 6.45) is -0.982. The predicted octanol–water partition coefficient (Wildman–Crippen LogP) is 1.66. The van der Waals surface area contributed by atoms with Crippen molar-refractivity contribution in [2.45, 2.75) is 27.1 Å². The molecule has 2 nitrogen and oxygen atoms in total. The van der Waals surface area contributed by atoms with Gasteiger partial charge in [0.05, 0.1) is 17.1 Å². The summed E-state index contributed by atoms with van der Waals surface area (Å²) in [5, 5.41) is 0. The van der Waals surface area contributed by atoms with Crippen molar-refractivity contribution in [3.8, 4) is 0 Å². The van der Waals surface area contributed by atoms with Crippen molar-refractivity contribution in [1.29, 1.82) is 0 Å².